The van der Waals surface area contributed by atoms with Crippen LogP contribution in [0.25, 0.3) is 0 Å². The molecule has 0 aromatic heterocycles. The molecule has 33 heavy (non-hydrogen) atoms. The molecule has 1 amide bonds. The molecule has 0 saturated carbocycles. The molecule has 0 bridgehead atoms. The second-order valence-corrected chi connectivity index (χ2v) is 8.48. The van der Waals surface area contributed by atoms with Gasteiger partial charge < -0.3 is 14.8 Å². The third kappa shape index (κ3) is 5.86. The lowest BCUT2D eigenvalue weighted by molar-refractivity contribution is 0.102. The summed E-state index contributed by atoms with van der Waals surface area (Å²) in [6.07, 6.45) is 0. The fraction of sp³-hybridized carbons (Fsp3) is 0.130. The van der Waals surface area contributed by atoms with Crippen LogP contribution >= 0.6 is 0 Å². The standard InChI is InChI=1S/C23H22FN3O5S/c1-15(26-27-33(29,30)22-14-20(31-2)11-12-21(22)32-3)17-5-4-6-19(13-17)25-23(28)16-7-9-18(24)10-8-16/h4-14,27H,1-3H3,(H,25,28)/b26-15+. The van der Waals surface area contributed by atoms with Crippen LogP contribution in [0, 0.1) is 5.82 Å². The number of anilines is 1. The number of rotatable bonds is 8. The van der Waals surface area contributed by atoms with Crippen molar-refractivity contribution in [3.8, 4) is 11.5 Å². The van der Waals surface area contributed by atoms with E-state index in [1.807, 2.05) is 0 Å². The van der Waals surface area contributed by atoms with Crippen molar-refractivity contribution in [2.75, 3.05) is 19.5 Å². The van der Waals surface area contributed by atoms with Gasteiger partial charge in [-0.15, -0.1) is 0 Å². The molecule has 3 aromatic rings. The first-order valence-corrected chi connectivity index (χ1v) is 11.2. The van der Waals surface area contributed by atoms with Crippen LogP contribution in [-0.2, 0) is 10.0 Å². The summed E-state index contributed by atoms with van der Waals surface area (Å²) >= 11 is 0. The molecule has 0 fully saturated rings. The molecule has 172 valence electrons. The van der Waals surface area contributed by atoms with E-state index >= 15 is 0 Å². The SMILES string of the molecule is COc1ccc(OC)c(S(=O)(=O)N/N=C(\C)c2cccc(NC(=O)c3ccc(F)cc3)c2)c1. The molecule has 0 heterocycles. The van der Waals surface area contributed by atoms with Crippen molar-refractivity contribution in [1.82, 2.24) is 4.83 Å². The maximum absolute atomic E-state index is 13.1. The summed E-state index contributed by atoms with van der Waals surface area (Å²) in [5, 5.41) is 6.70. The minimum absolute atomic E-state index is 0.124. The van der Waals surface area contributed by atoms with E-state index in [9.17, 15) is 17.6 Å². The fourth-order valence-electron chi connectivity index (χ4n) is 2.86. The summed E-state index contributed by atoms with van der Waals surface area (Å²) in [6, 6.07) is 16.3. The molecule has 0 aliphatic rings. The zero-order chi connectivity index (χ0) is 24.0. The van der Waals surface area contributed by atoms with Gasteiger partial charge >= 0.3 is 0 Å². The van der Waals surface area contributed by atoms with Crippen LogP contribution in [0.15, 0.2) is 76.7 Å². The van der Waals surface area contributed by atoms with Crippen LogP contribution < -0.4 is 19.6 Å². The van der Waals surface area contributed by atoms with E-state index in [0.717, 1.165) is 0 Å². The third-order valence-corrected chi connectivity index (χ3v) is 5.87. The lowest BCUT2D eigenvalue weighted by atomic mass is 10.1. The molecule has 0 unspecified atom stereocenters. The summed E-state index contributed by atoms with van der Waals surface area (Å²) < 4.78 is 48.8. The topological polar surface area (TPSA) is 106 Å². The summed E-state index contributed by atoms with van der Waals surface area (Å²) in [4.78, 5) is 14.4. The van der Waals surface area contributed by atoms with E-state index in [2.05, 4.69) is 15.2 Å². The number of nitrogens with one attached hydrogen (secondary N) is 2. The van der Waals surface area contributed by atoms with Gasteiger partial charge in [0.25, 0.3) is 15.9 Å². The molecule has 3 rings (SSSR count). The van der Waals surface area contributed by atoms with E-state index < -0.39 is 21.7 Å². The highest BCUT2D eigenvalue weighted by Gasteiger charge is 2.20. The van der Waals surface area contributed by atoms with Crippen molar-refractivity contribution >= 4 is 27.3 Å². The molecule has 3 aromatic carbocycles. The average Bonchev–Trinajstić information content (AvgIpc) is 2.82. The molecule has 0 spiro atoms. The number of carbonyl (C=O) groups excluding carboxylic acids is 1. The summed E-state index contributed by atoms with van der Waals surface area (Å²) in [6.45, 7) is 1.62. The monoisotopic (exact) mass is 471 g/mol. The van der Waals surface area contributed by atoms with Gasteiger partial charge in [-0.2, -0.15) is 18.4 Å². The number of hydrogen-bond acceptors (Lipinski definition) is 6. The van der Waals surface area contributed by atoms with Crippen molar-refractivity contribution < 1.29 is 27.1 Å². The van der Waals surface area contributed by atoms with E-state index in [1.165, 1.54) is 50.6 Å². The summed E-state index contributed by atoms with van der Waals surface area (Å²) in [5.74, 6) is -0.356. The first-order valence-electron chi connectivity index (χ1n) is 9.69. The van der Waals surface area contributed by atoms with E-state index in [-0.39, 0.29) is 10.6 Å². The van der Waals surface area contributed by atoms with Gasteiger partial charge in [0.05, 0.1) is 19.9 Å². The first-order chi connectivity index (χ1) is 15.7. The van der Waals surface area contributed by atoms with Crippen molar-refractivity contribution in [2.24, 2.45) is 5.10 Å². The van der Waals surface area contributed by atoms with Crippen molar-refractivity contribution in [2.45, 2.75) is 11.8 Å². The molecule has 0 radical (unpaired) electrons. The number of carbonyl (C=O) groups is 1. The Balaban J connectivity index is 1.78. The van der Waals surface area contributed by atoms with Gasteiger partial charge in [0, 0.05) is 17.3 Å². The lowest BCUT2D eigenvalue weighted by Crippen LogP contribution is -2.21. The Morgan fingerprint density at radius 1 is 0.939 bits per heavy atom. The van der Waals surface area contributed by atoms with Crippen molar-refractivity contribution in [3.05, 3.63) is 83.7 Å². The molecule has 2 N–H and O–H groups in total. The number of sulfonamides is 1. The zero-order valence-electron chi connectivity index (χ0n) is 18.1. The van der Waals surface area contributed by atoms with Crippen molar-refractivity contribution in [3.63, 3.8) is 0 Å². The maximum atomic E-state index is 13.1. The van der Waals surface area contributed by atoms with Gasteiger partial charge in [-0.25, -0.2) is 4.39 Å². The number of halogens is 1. The van der Waals surface area contributed by atoms with E-state index in [0.29, 0.717) is 28.3 Å². The Bertz CT molecular complexity index is 1290. The molecule has 0 aliphatic carbocycles. The third-order valence-electron chi connectivity index (χ3n) is 4.64. The number of amides is 1. The number of hydrogen-bond donors (Lipinski definition) is 2. The van der Waals surface area contributed by atoms with Crippen LogP contribution in [0.4, 0.5) is 10.1 Å². The van der Waals surface area contributed by atoms with Gasteiger partial charge in [0.1, 0.15) is 22.2 Å². The summed E-state index contributed by atoms with van der Waals surface area (Å²) in [7, 11) is -1.26. The second kappa shape index (κ2) is 10.1. The first kappa shape index (κ1) is 23.7. The second-order valence-electron chi connectivity index (χ2n) is 6.85. The molecule has 0 aliphatic heterocycles. The largest absolute Gasteiger partial charge is 0.497 e. The smallest absolute Gasteiger partial charge is 0.280 e. The van der Waals surface area contributed by atoms with E-state index in [1.54, 1.807) is 37.3 Å². The van der Waals surface area contributed by atoms with Crippen LogP contribution in [-0.4, -0.2) is 34.3 Å². The average molecular weight is 472 g/mol. The predicted molar refractivity (Wildman–Crippen MR) is 123 cm³/mol. The minimum Gasteiger partial charge on any atom is -0.497 e. The minimum atomic E-state index is -4.05. The van der Waals surface area contributed by atoms with Crippen LogP contribution in [0.5, 0.6) is 11.5 Å². The summed E-state index contributed by atoms with van der Waals surface area (Å²) in [5.41, 5.74) is 1.70. The molecule has 0 atom stereocenters. The van der Waals surface area contributed by atoms with Crippen LogP contribution in [0.3, 0.4) is 0 Å². The zero-order valence-corrected chi connectivity index (χ0v) is 18.9. The highest BCUT2D eigenvalue weighted by Crippen LogP contribution is 2.28. The Morgan fingerprint density at radius 2 is 1.67 bits per heavy atom. The van der Waals surface area contributed by atoms with Gasteiger partial charge in [-0.05, 0) is 61.0 Å². The molecular weight excluding hydrogens is 449 g/mol. The molecule has 0 saturated heterocycles. The highest BCUT2D eigenvalue weighted by molar-refractivity contribution is 7.89. The van der Waals surface area contributed by atoms with E-state index in [4.69, 9.17) is 9.47 Å². The van der Waals surface area contributed by atoms with Crippen LogP contribution in [0.2, 0.25) is 0 Å². The lowest BCUT2D eigenvalue weighted by Gasteiger charge is -2.11. The Labute approximate surface area is 191 Å². The number of benzene rings is 3. The Kier molecular flexibility index (Phi) is 7.29. The number of hydrazone groups is 1. The molecule has 8 nitrogen and oxygen atoms in total. The van der Waals surface area contributed by atoms with Crippen LogP contribution in [0.1, 0.15) is 22.8 Å². The number of ether oxygens (including phenoxy) is 2. The van der Waals surface area contributed by atoms with Gasteiger partial charge in [0.2, 0.25) is 0 Å². The molecule has 10 heteroatoms. The normalized spacial score (nSPS) is 11.6. The van der Waals surface area contributed by atoms with Crippen molar-refractivity contribution in [1.29, 1.82) is 0 Å². The quantitative estimate of drug-likeness (QED) is 0.384. The molecular formula is C23H22FN3O5S. The maximum Gasteiger partial charge on any atom is 0.280 e. The van der Waals surface area contributed by atoms with Gasteiger partial charge in [0.15, 0.2) is 0 Å². The Hall–Kier alpha value is -3.92. The number of nitrogens with zero attached hydrogens (tertiary/aromatic N) is 1. The predicted octanol–water partition coefficient (Wildman–Crippen LogP) is 3.80. The van der Waals surface area contributed by atoms with Gasteiger partial charge in [-0.1, -0.05) is 12.1 Å². The highest BCUT2D eigenvalue weighted by atomic mass is 32.2. The fourth-order valence-corrected chi connectivity index (χ4v) is 3.91. The Morgan fingerprint density at radius 3 is 2.33 bits per heavy atom. The number of methoxy groups -OCH3 is 2. The van der Waals surface area contributed by atoms with Gasteiger partial charge in [-0.3, -0.25) is 4.79 Å².